The Labute approximate surface area is 140 Å². The van der Waals surface area contributed by atoms with Crippen molar-refractivity contribution in [1.82, 2.24) is 15.5 Å². The van der Waals surface area contributed by atoms with Gasteiger partial charge in [0, 0.05) is 23.2 Å². The second-order valence-electron chi connectivity index (χ2n) is 5.47. The summed E-state index contributed by atoms with van der Waals surface area (Å²) < 4.78 is 5.71. The molecule has 122 valence electrons. The van der Waals surface area contributed by atoms with Crippen LogP contribution in [0.15, 0.2) is 59.0 Å². The Morgan fingerprint density at radius 1 is 0.958 bits per heavy atom. The molecule has 0 aliphatic carbocycles. The Hall–Kier alpha value is -2.95. The molecule has 3 rings (SSSR count). The van der Waals surface area contributed by atoms with Gasteiger partial charge >= 0.3 is 0 Å². The molecule has 1 heterocycles. The molecular weight excluding hydrogens is 302 g/mol. The Morgan fingerprint density at radius 2 is 1.58 bits per heavy atom. The molecule has 1 aromatic heterocycles. The summed E-state index contributed by atoms with van der Waals surface area (Å²) in [5.74, 6) is 0.851. The average Bonchev–Trinajstić information content (AvgIpc) is 3.13. The van der Waals surface area contributed by atoms with Crippen molar-refractivity contribution < 1.29 is 9.21 Å². The first-order chi connectivity index (χ1) is 11.8. The highest BCUT2D eigenvalue weighted by molar-refractivity contribution is 5.94. The lowest BCUT2D eigenvalue weighted by atomic mass is 10.1. The molecule has 1 amide bonds. The number of carbonyl (C=O) groups excluding carboxylic acids is 1. The first-order valence-corrected chi connectivity index (χ1v) is 8.05. The number of hydrogen-bond acceptors (Lipinski definition) is 4. The van der Waals surface area contributed by atoms with Crippen molar-refractivity contribution in [2.24, 2.45) is 0 Å². The Kier molecular flexibility index (Phi) is 5.01. The summed E-state index contributed by atoms with van der Waals surface area (Å²) in [6.45, 7) is 2.79. The topological polar surface area (TPSA) is 68.0 Å². The zero-order valence-electron chi connectivity index (χ0n) is 13.5. The van der Waals surface area contributed by atoms with Gasteiger partial charge in [-0.2, -0.15) is 0 Å². The van der Waals surface area contributed by atoms with E-state index in [-0.39, 0.29) is 5.91 Å². The van der Waals surface area contributed by atoms with Gasteiger partial charge in [0.25, 0.3) is 5.91 Å². The average molecular weight is 321 g/mol. The molecule has 0 aliphatic rings. The first kappa shape index (κ1) is 15.9. The van der Waals surface area contributed by atoms with E-state index in [2.05, 4.69) is 22.4 Å². The number of benzene rings is 2. The fourth-order valence-electron chi connectivity index (χ4n) is 2.28. The molecule has 0 saturated carbocycles. The molecule has 0 unspecified atom stereocenters. The second-order valence-corrected chi connectivity index (χ2v) is 5.47. The minimum absolute atomic E-state index is 0.0643. The lowest BCUT2D eigenvalue weighted by Gasteiger charge is -2.04. The van der Waals surface area contributed by atoms with Crippen molar-refractivity contribution in [1.29, 1.82) is 0 Å². The predicted octanol–water partition coefficient (Wildman–Crippen LogP) is 3.93. The third kappa shape index (κ3) is 3.68. The van der Waals surface area contributed by atoms with Crippen molar-refractivity contribution in [3.8, 4) is 22.9 Å². The van der Waals surface area contributed by atoms with Gasteiger partial charge in [0.15, 0.2) is 0 Å². The SMILES string of the molecule is CCCCNC(=O)c1ccc(-c2nnc(-c3ccccc3)o2)cc1. The van der Waals surface area contributed by atoms with E-state index in [4.69, 9.17) is 4.42 Å². The lowest BCUT2D eigenvalue weighted by molar-refractivity contribution is 0.0953. The number of unbranched alkanes of at least 4 members (excludes halogenated alkanes) is 1. The van der Waals surface area contributed by atoms with Gasteiger partial charge in [0.1, 0.15) is 0 Å². The van der Waals surface area contributed by atoms with Crippen LogP contribution in [0.3, 0.4) is 0 Å². The monoisotopic (exact) mass is 321 g/mol. The smallest absolute Gasteiger partial charge is 0.251 e. The summed E-state index contributed by atoms with van der Waals surface area (Å²) in [6.07, 6.45) is 2.04. The van der Waals surface area contributed by atoms with Crippen LogP contribution in [0.1, 0.15) is 30.1 Å². The van der Waals surface area contributed by atoms with Crippen molar-refractivity contribution in [2.45, 2.75) is 19.8 Å². The van der Waals surface area contributed by atoms with E-state index < -0.39 is 0 Å². The molecule has 0 bridgehead atoms. The van der Waals surface area contributed by atoms with Crippen molar-refractivity contribution in [3.05, 3.63) is 60.2 Å². The molecule has 0 fully saturated rings. The number of carbonyl (C=O) groups is 1. The summed E-state index contributed by atoms with van der Waals surface area (Å²) in [6, 6.07) is 16.8. The maximum absolute atomic E-state index is 12.0. The maximum Gasteiger partial charge on any atom is 0.251 e. The van der Waals surface area contributed by atoms with Gasteiger partial charge in [-0.1, -0.05) is 31.5 Å². The summed E-state index contributed by atoms with van der Waals surface area (Å²) in [5.41, 5.74) is 2.29. The van der Waals surface area contributed by atoms with Crippen LogP contribution < -0.4 is 5.32 Å². The predicted molar refractivity (Wildman–Crippen MR) is 92.4 cm³/mol. The molecule has 0 radical (unpaired) electrons. The fourth-order valence-corrected chi connectivity index (χ4v) is 2.28. The molecule has 24 heavy (non-hydrogen) atoms. The van der Waals surface area contributed by atoms with E-state index in [1.54, 1.807) is 12.1 Å². The standard InChI is InChI=1S/C19H19N3O2/c1-2-3-13-20-17(23)14-9-11-16(12-10-14)19-22-21-18(24-19)15-7-5-4-6-8-15/h4-12H,2-3,13H2,1H3,(H,20,23). The number of nitrogens with one attached hydrogen (secondary N) is 1. The van der Waals surface area contributed by atoms with E-state index in [0.29, 0.717) is 23.9 Å². The molecule has 5 nitrogen and oxygen atoms in total. The molecule has 0 aliphatic heterocycles. The van der Waals surface area contributed by atoms with Crippen LogP contribution in [0.4, 0.5) is 0 Å². The molecule has 3 aromatic rings. The molecule has 0 saturated heterocycles. The third-order valence-electron chi connectivity index (χ3n) is 3.66. The molecular formula is C19H19N3O2. The van der Waals surface area contributed by atoms with Crippen molar-refractivity contribution >= 4 is 5.91 Å². The summed E-state index contributed by atoms with van der Waals surface area (Å²) >= 11 is 0. The summed E-state index contributed by atoms with van der Waals surface area (Å²) in [4.78, 5) is 12.0. The Morgan fingerprint density at radius 3 is 2.21 bits per heavy atom. The highest BCUT2D eigenvalue weighted by atomic mass is 16.4. The summed E-state index contributed by atoms with van der Waals surface area (Å²) in [7, 11) is 0. The van der Waals surface area contributed by atoms with Crippen molar-refractivity contribution in [3.63, 3.8) is 0 Å². The number of hydrogen-bond donors (Lipinski definition) is 1. The Bertz CT molecular complexity index is 795. The Balaban J connectivity index is 1.72. The van der Waals surface area contributed by atoms with Crippen LogP contribution in [0.25, 0.3) is 22.9 Å². The zero-order chi connectivity index (χ0) is 16.8. The minimum Gasteiger partial charge on any atom is -0.416 e. The van der Waals surface area contributed by atoms with Gasteiger partial charge in [-0.05, 0) is 42.8 Å². The van der Waals surface area contributed by atoms with Crippen molar-refractivity contribution in [2.75, 3.05) is 6.54 Å². The van der Waals surface area contributed by atoms with Gasteiger partial charge < -0.3 is 9.73 Å². The van der Waals surface area contributed by atoms with Gasteiger partial charge in [0.05, 0.1) is 0 Å². The first-order valence-electron chi connectivity index (χ1n) is 8.05. The van der Waals surface area contributed by atoms with Crippen LogP contribution in [0.5, 0.6) is 0 Å². The van der Waals surface area contributed by atoms with E-state index in [9.17, 15) is 4.79 Å². The number of amides is 1. The normalized spacial score (nSPS) is 10.5. The minimum atomic E-state index is -0.0643. The largest absolute Gasteiger partial charge is 0.416 e. The van der Waals surface area contributed by atoms with E-state index in [0.717, 1.165) is 24.0 Å². The quantitative estimate of drug-likeness (QED) is 0.698. The summed E-state index contributed by atoms with van der Waals surface area (Å²) in [5, 5.41) is 11.0. The van der Waals surface area contributed by atoms with Crippen LogP contribution >= 0.6 is 0 Å². The lowest BCUT2D eigenvalue weighted by Crippen LogP contribution is -2.24. The zero-order valence-corrected chi connectivity index (χ0v) is 13.5. The molecule has 0 atom stereocenters. The second kappa shape index (κ2) is 7.55. The van der Waals surface area contributed by atoms with Gasteiger partial charge in [-0.3, -0.25) is 4.79 Å². The molecule has 1 N–H and O–H groups in total. The number of aromatic nitrogens is 2. The number of rotatable bonds is 6. The van der Waals surface area contributed by atoms with Crippen LogP contribution in [0, 0.1) is 0 Å². The fraction of sp³-hybridized carbons (Fsp3) is 0.211. The van der Waals surface area contributed by atoms with Crippen LogP contribution in [-0.4, -0.2) is 22.6 Å². The van der Waals surface area contributed by atoms with E-state index >= 15 is 0 Å². The van der Waals surface area contributed by atoms with E-state index in [1.165, 1.54) is 0 Å². The van der Waals surface area contributed by atoms with Gasteiger partial charge in [-0.15, -0.1) is 10.2 Å². The number of nitrogens with zero attached hydrogens (tertiary/aromatic N) is 2. The van der Waals surface area contributed by atoms with E-state index in [1.807, 2.05) is 42.5 Å². The van der Waals surface area contributed by atoms with Gasteiger partial charge in [-0.25, -0.2) is 0 Å². The highest BCUT2D eigenvalue weighted by Gasteiger charge is 2.11. The maximum atomic E-state index is 12.0. The molecule has 5 heteroatoms. The van der Waals surface area contributed by atoms with Crippen LogP contribution in [0.2, 0.25) is 0 Å². The molecule has 0 spiro atoms. The molecule has 2 aromatic carbocycles. The third-order valence-corrected chi connectivity index (χ3v) is 3.66. The highest BCUT2D eigenvalue weighted by Crippen LogP contribution is 2.23. The van der Waals surface area contributed by atoms with Gasteiger partial charge in [0.2, 0.25) is 11.8 Å². The van der Waals surface area contributed by atoms with Crippen LogP contribution in [-0.2, 0) is 0 Å².